The summed E-state index contributed by atoms with van der Waals surface area (Å²) < 4.78 is 5.38. The van der Waals surface area contributed by atoms with Gasteiger partial charge in [-0.15, -0.1) is 0 Å². The number of ether oxygens (including phenoxy) is 1. The SMILES string of the molecule is CCOc1ccc(N2C(=O)CC(Sc3ccccn3)C2=O)cc1. The van der Waals surface area contributed by atoms with Gasteiger partial charge in [-0.25, -0.2) is 9.88 Å². The monoisotopic (exact) mass is 328 g/mol. The maximum absolute atomic E-state index is 12.6. The molecule has 1 fully saturated rings. The summed E-state index contributed by atoms with van der Waals surface area (Å²) in [7, 11) is 0. The van der Waals surface area contributed by atoms with Crippen LogP contribution in [0.4, 0.5) is 5.69 Å². The first-order valence-corrected chi connectivity index (χ1v) is 8.24. The predicted octanol–water partition coefficient (Wildman–Crippen LogP) is 2.90. The Morgan fingerprint density at radius 3 is 2.65 bits per heavy atom. The number of thioether (sulfide) groups is 1. The fourth-order valence-electron chi connectivity index (χ4n) is 2.39. The van der Waals surface area contributed by atoms with Crippen LogP contribution < -0.4 is 9.64 Å². The molecule has 0 N–H and O–H groups in total. The Morgan fingerprint density at radius 2 is 2.00 bits per heavy atom. The van der Waals surface area contributed by atoms with E-state index in [0.717, 1.165) is 10.8 Å². The van der Waals surface area contributed by atoms with Crippen molar-refractivity contribution in [3.63, 3.8) is 0 Å². The molecule has 0 radical (unpaired) electrons. The van der Waals surface area contributed by atoms with Gasteiger partial charge in [-0.1, -0.05) is 17.8 Å². The number of carbonyl (C=O) groups excluding carboxylic acids is 2. The van der Waals surface area contributed by atoms with Crippen LogP contribution in [0.3, 0.4) is 0 Å². The van der Waals surface area contributed by atoms with E-state index in [1.54, 1.807) is 30.5 Å². The molecule has 2 heterocycles. The van der Waals surface area contributed by atoms with E-state index in [4.69, 9.17) is 4.74 Å². The number of nitrogens with zero attached hydrogens (tertiary/aromatic N) is 2. The average molecular weight is 328 g/mol. The normalized spacial score (nSPS) is 17.6. The Kier molecular flexibility index (Phi) is 4.62. The molecule has 1 aromatic heterocycles. The zero-order chi connectivity index (χ0) is 16.2. The van der Waals surface area contributed by atoms with Gasteiger partial charge >= 0.3 is 0 Å². The van der Waals surface area contributed by atoms with Crippen molar-refractivity contribution >= 4 is 29.3 Å². The summed E-state index contributed by atoms with van der Waals surface area (Å²) in [5, 5.41) is 0.316. The highest BCUT2D eigenvalue weighted by molar-refractivity contribution is 8.00. The Balaban J connectivity index is 1.76. The highest BCUT2D eigenvalue weighted by atomic mass is 32.2. The number of anilines is 1. The molecule has 1 unspecified atom stereocenters. The molecule has 1 atom stereocenters. The molecule has 6 heteroatoms. The first kappa shape index (κ1) is 15.6. The third-order valence-corrected chi connectivity index (χ3v) is 4.55. The molecule has 0 bridgehead atoms. The van der Waals surface area contributed by atoms with Crippen LogP contribution in [0.15, 0.2) is 53.7 Å². The molecule has 2 aromatic rings. The predicted molar refractivity (Wildman–Crippen MR) is 88.6 cm³/mol. The highest BCUT2D eigenvalue weighted by Crippen LogP contribution is 2.33. The third kappa shape index (κ3) is 3.37. The summed E-state index contributed by atoms with van der Waals surface area (Å²) in [5.74, 6) is 0.331. The molecule has 0 spiro atoms. The van der Waals surface area contributed by atoms with Crippen LogP contribution in [-0.2, 0) is 9.59 Å². The third-order valence-electron chi connectivity index (χ3n) is 3.41. The number of aromatic nitrogens is 1. The van der Waals surface area contributed by atoms with Gasteiger partial charge in [0.05, 0.1) is 22.6 Å². The number of benzene rings is 1. The zero-order valence-corrected chi connectivity index (χ0v) is 13.5. The van der Waals surface area contributed by atoms with E-state index in [1.165, 1.54) is 16.7 Å². The molecule has 23 heavy (non-hydrogen) atoms. The smallest absolute Gasteiger partial charge is 0.247 e. The van der Waals surface area contributed by atoms with Crippen molar-refractivity contribution < 1.29 is 14.3 Å². The molecule has 118 valence electrons. The van der Waals surface area contributed by atoms with Gasteiger partial charge in [-0.2, -0.15) is 0 Å². The van der Waals surface area contributed by atoms with Gasteiger partial charge in [0.15, 0.2) is 0 Å². The van der Waals surface area contributed by atoms with Gasteiger partial charge in [0.25, 0.3) is 0 Å². The maximum atomic E-state index is 12.6. The van der Waals surface area contributed by atoms with Crippen LogP contribution >= 0.6 is 11.8 Å². The number of imide groups is 1. The second kappa shape index (κ2) is 6.83. The van der Waals surface area contributed by atoms with E-state index < -0.39 is 5.25 Å². The Bertz CT molecular complexity index is 704. The molecule has 2 amide bonds. The largest absolute Gasteiger partial charge is 0.494 e. The van der Waals surface area contributed by atoms with Gasteiger partial charge < -0.3 is 4.74 Å². The summed E-state index contributed by atoms with van der Waals surface area (Å²) in [6.45, 7) is 2.48. The molecular weight excluding hydrogens is 312 g/mol. The van der Waals surface area contributed by atoms with Gasteiger partial charge in [0.2, 0.25) is 11.8 Å². The van der Waals surface area contributed by atoms with Crippen molar-refractivity contribution in [1.29, 1.82) is 0 Å². The molecule has 0 saturated carbocycles. The number of hydrogen-bond donors (Lipinski definition) is 0. The van der Waals surface area contributed by atoms with Crippen molar-refractivity contribution in [3.05, 3.63) is 48.7 Å². The lowest BCUT2D eigenvalue weighted by molar-refractivity contribution is -0.121. The minimum atomic E-state index is -0.427. The fourth-order valence-corrected chi connectivity index (χ4v) is 3.39. The Hall–Kier alpha value is -2.34. The first-order chi connectivity index (χ1) is 11.2. The minimum absolute atomic E-state index is 0.187. The summed E-state index contributed by atoms with van der Waals surface area (Å²) in [4.78, 5) is 30.2. The van der Waals surface area contributed by atoms with E-state index in [1.807, 2.05) is 25.1 Å². The molecule has 1 saturated heterocycles. The van der Waals surface area contributed by atoms with E-state index in [9.17, 15) is 9.59 Å². The van der Waals surface area contributed by atoms with E-state index in [2.05, 4.69) is 4.98 Å². The van der Waals surface area contributed by atoms with Crippen LogP contribution in [0.1, 0.15) is 13.3 Å². The maximum Gasteiger partial charge on any atom is 0.247 e. The number of carbonyl (C=O) groups is 2. The average Bonchev–Trinajstić information content (AvgIpc) is 2.84. The van der Waals surface area contributed by atoms with E-state index in [0.29, 0.717) is 12.3 Å². The summed E-state index contributed by atoms with van der Waals surface area (Å²) in [5.41, 5.74) is 0.576. The lowest BCUT2D eigenvalue weighted by Gasteiger charge is -2.15. The number of hydrogen-bond acceptors (Lipinski definition) is 5. The highest BCUT2D eigenvalue weighted by Gasteiger charge is 2.40. The molecular formula is C17H16N2O3S. The van der Waals surface area contributed by atoms with Gasteiger partial charge in [-0.3, -0.25) is 9.59 Å². The van der Waals surface area contributed by atoms with Gasteiger partial charge in [0, 0.05) is 12.6 Å². The number of pyridine rings is 1. The van der Waals surface area contributed by atoms with Crippen LogP contribution in [0.25, 0.3) is 0 Å². The molecule has 1 aromatic carbocycles. The van der Waals surface area contributed by atoms with Crippen LogP contribution in [0.2, 0.25) is 0 Å². The number of rotatable bonds is 5. The lowest BCUT2D eigenvalue weighted by Crippen LogP contribution is -2.31. The second-order valence-electron chi connectivity index (χ2n) is 4.97. The summed E-state index contributed by atoms with van der Waals surface area (Å²) >= 11 is 1.32. The lowest BCUT2D eigenvalue weighted by atomic mass is 10.3. The second-order valence-corrected chi connectivity index (χ2v) is 6.20. The summed E-state index contributed by atoms with van der Waals surface area (Å²) in [6.07, 6.45) is 1.86. The topological polar surface area (TPSA) is 59.5 Å². The van der Waals surface area contributed by atoms with Crippen LogP contribution in [0, 0.1) is 0 Å². The zero-order valence-electron chi connectivity index (χ0n) is 12.6. The quantitative estimate of drug-likeness (QED) is 0.790. The molecule has 0 aliphatic carbocycles. The van der Waals surface area contributed by atoms with Crippen molar-refractivity contribution in [2.75, 3.05) is 11.5 Å². The Morgan fingerprint density at radius 1 is 1.22 bits per heavy atom. The summed E-state index contributed by atoms with van der Waals surface area (Å²) in [6, 6.07) is 12.5. The number of amides is 2. The van der Waals surface area contributed by atoms with Gasteiger partial charge in [0.1, 0.15) is 5.75 Å². The van der Waals surface area contributed by atoms with E-state index >= 15 is 0 Å². The van der Waals surface area contributed by atoms with Crippen molar-refractivity contribution in [1.82, 2.24) is 4.98 Å². The van der Waals surface area contributed by atoms with E-state index in [-0.39, 0.29) is 18.2 Å². The molecule has 1 aliphatic heterocycles. The molecule has 1 aliphatic rings. The van der Waals surface area contributed by atoms with Crippen molar-refractivity contribution in [2.24, 2.45) is 0 Å². The standard InChI is InChI=1S/C17H16N2O3S/c1-2-22-13-8-6-12(7-9-13)19-16(20)11-14(17(19)21)23-15-5-3-4-10-18-15/h3-10,14H,2,11H2,1H3. The van der Waals surface area contributed by atoms with Crippen LogP contribution in [0.5, 0.6) is 5.75 Å². The van der Waals surface area contributed by atoms with Crippen molar-refractivity contribution in [3.8, 4) is 5.75 Å². The molecule has 5 nitrogen and oxygen atoms in total. The van der Waals surface area contributed by atoms with Crippen LogP contribution in [-0.4, -0.2) is 28.7 Å². The first-order valence-electron chi connectivity index (χ1n) is 7.36. The molecule has 3 rings (SSSR count). The fraction of sp³-hybridized carbons (Fsp3) is 0.235. The minimum Gasteiger partial charge on any atom is -0.494 e. The Labute approximate surface area is 138 Å². The van der Waals surface area contributed by atoms with Gasteiger partial charge in [-0.05, 0) is 43.3 Å². The van der Waals surface area contributed by atoms with Crippen molar-refractivity contribution in [2.45, 2.75) is 23.6 Å².